The predicted molar refractivity (Wildman–Crippen MR) is 112 cm³/mol. The number of nitrogens with two attached hydrogens (primary N) is 1. The van der Waals surface area contributed by atoms with Gasteiger partial charge in [0.15, 0.2) is 5.75 Å². The van der Waals surface area contributed by atoms with Crippen molar-refractivity contribution in [1.29, 1.82) is 0 Å². The topological polar surface area (TPSA) is 67.9 Å². The maximum Gasteiger partial charge on any atom is 0.262 e. The summed E-state index contributed by atoms with van der Waals surface area (Å²) in [6, 6.07) is 22.9. The Hall–Kier alpha value is -3.86. The van der Waals surface area contributed by atoms with Gasteiger partial charge in [0.1, 0.15) is 12.1 Å². The molecule has 0 aliphatic carbocycles. The summed E-state index contributed by atoms with van der Waals surface area (Å²) < 4.78 is 5.46. The van der Waals surface area contributed by atoms with Crippen LogP contribution in [0.1, 0.15) is 15.9 Å². The molecule has 5 nitrogen and oxygen atoms in total. The molecule has 0 saturated carbocycles. The Morgan fingerprint density at radius 1 is 0.893 bits per heavy atom. The highest BCUT2D eigenvalue weighted by atomic mass is 16.5. The van der Waals surface area contributed by atoms with Crippen molar-refractivity contribution in [2.24, 2.45) is 10.7 Å². The lowest BCUT2D eigenvalue weighted by Gasteiger charge is -2.24. The van der Waals surface area contributed by atoms with Gasteiger partial charge in [-0.2, -0.15) is 0 Å². The molecule has 0 saturated heterocycles. The molecular formula is C23H19N3O2. The van der Waals surface area contributed by atoms with E-state index < -0.39 is 0 Å². The van der Waals surface area contributed by atoms with E-state index in [4.69, 9.17) is 10.5 Å². The van der Waals surface area contributed by atoms with E-state index in [1.807, 2.05) is 72.8 Å². The molecule has 3 aromatic carbocycles. The zero-order valence-electron chi connectivity index (χ0n) is 15.4. The third-order valence-corrected chi connectivity index (χ3v) is 4.64. The second-order valence-electron chi connectivity index (χ2n) is 6.31. The van der Waals surface area contributed by atoms with Crippen molar-refractivity contribution < 1.29 is 9.53 Å². The maximum atomic E-state index is 13.0. The number of nitrogens with zero attached hydrogens (tertiary/aromatic N) is 2. The zero-order chi connectivity index (χ0) is 19.5. The number of carbonyl (C=O) groups is 1. The molecule has 3 aromatic rings. The largest absolute Gasteiger partial charge is 0.461 e. The van der Waals surface area contributed by atoms with Crippen molar-refractivity contribution in [2.75, 3.05) is 11.9 Å². The van der Waals surface area contributed by atoms with Crippen LogP contribution >= 0.6 is 0 Å². The Labute approximate surface area is 163 Å². The van der Waals surface area contributed by atoms with Crippen LogP contribution in [0, 0.1) is 0 Å². The van der Waals surface area contributed by atoms with Crippen molar-refractivity contribution in [3.05, 3.63) is 96.4 Å². The maximum absolute atomic E-state index is 13.0. The van der Waals surface area contributed by atoms with E-state index in [2.05, 4.69) is 4.99 Å². The van der Waals surface area contributed by atoms with Gasteiger partial charge in [-0.1, -0.05) is 48.5 Å². The summed E-state index contributed by atoms with van der Waals surface area (Å²) in [7, 11) is 1.67. The number of amides is 1. The minimum atomic E-state index is -0.110. The Morgan fingerprint density at radius 2 is 1.50 bits per heavy atom. The third-order valence-electron chi connectivity index (χ3n) is 4.64. The average Bonchev–Trinajstić information content (AvgIpc) is 2.78. The molecule has 0 unspecified atom stereocenters. The number of fused-ring (bicyclic) bond motifs is 1. The van der Waals surface area contributed by atoms with Gasteiger partial charge in [0.05, 0.1) is 5.69 Å². The Morgan fingerprint density at radius 3 is 2.14 bits per heavy atom. The standard InChI is InChI=1S/C23H19N3O2/c1-25-22(24)18-10-6-16(7-11-18)17-8-12-19(13-9-17)23(27)26-14-15-28-21-5-3-2-4-20(21)26/h2-15H,1H3,(H2,24,25). The van der Waals surface area contributed by atoms with Gasteiger partial charge in [-0.05, 0) is 35.4 Å². The molecule has 1 heterocycles. The molecule has 28 heavy (non-hydrogen) atoms. The van der Waals surface area contributed by atoms with Gasteiger partial charge in [0.2, 0.25) is 0 Å². The second-order valence-corrected chi connectivity index (χ2v) is 6.31. The molecule has 1 aliphatic rings. The van der Waals surface area contributed by atoms with Gasteiger partial charge in [0.25, 0.3) is 5.91 Å². The van der Waals surface area contributed by atoms with Crippen LogP contribution in [0.3, 0.4) is 0 Å². The number of rotatable bonds is 3. The summed E-state index contributed by atoms with van der Waals surface area (Å²) in [5.41, 5.74) is 10.1. The van der Waals surface area contributed by atoms with Gasteiger partial charge < -0.3 is 10.5 Å². The van der Waals surface area contributed by atoms with E-state index in [9.17, 15) is 4.79 Å². The fourth-order valence-corrected chi connectivity index (χ4v) is 3.08. The first kappa shape index (κ1) is 17.5. The lowest BCUT2D eigenvalue weighted by Crippen LogP contribution is -2.27. The first-order valence-corrected chi connectivity index (χ1v) is 8.86. The number of benzene rings is 3. The Bertz CT molecular complexity index is 1070. The van der Waals surface area contributed by atoms with Crippen molar-refractivity contribution in [3.63, 3.8) is 0 Å². The number of aliphatic imine (C=N–C) groups is 1. The Kier molecular flexibility index (Phi) is 4.64. The number of hydrogen-bond donors (Lipinski definition) is 1. The van der Waals surface area contributed by atoms with E-state index in [0.717, 1.165) is 22.4 Å². The van der Waals surface area contributed by atoms with E-state index in [1.54, 1.807) is 18.1 Å². The van der Waals surface area contributed by atoms with Gasteiger partial charge in [-0.15, -0.1) is 0 Å². The highest BCUT2D eigenvalue weighted by molar-refractivity contribution is 6.08. The Balaban J connectivity index is 1.57. The molecule has 0 aromatic heterocycles. The van der Waals surface area contributed by atoms with Gasteiger partial charge in [-0.3, -0.25) is 14.7 Å². The average molecular weight is 369 g/mol. The highest BCUT2D eigenvalue weighted by Gasteiger charge is 2.21. The highest BCUT2D eigenvalue weighted by Crippen LogP contribution is 2.32. The van der Waals surface area contributed by atoms with Crippen molar-refractivity contribution in [2.45, 2.75) is 0 Å². The fourth-order valence-electron chi connectivity index (χ4n) is 3.08. The minimum absolute atomic E-state index is 0.110. The van der Waals surface area contributed by atoms with Crippen molar-refractivity contribution >= 4 is 17.4 Å². The van der Waals surface area contributed by atoms with Gasteiger partial charge in [-0.25, -0.2) is 0 Å². The monoisotopic (exact) mass is 369 g/mol. The summed E-state index contributed by atoms with van der Waals surface area (Å²) in [6.07, 6.45) is 3.15. The summed E-state index contributed by atoms with van der Waals surface area (Å²) in [5, 5.41) is 0. The van der Waals surface area contributed by atoms with E-state index in [0.29, 0.717) is 17.1 Å². The van der Waals surface area contributed by atoms with Crippen LogP contribution in [-0.4, -0.2) is 18.8 Å². The quantitative estimate of drug-likeness (QED) is 0.556. The number of ether oxygens (including phenoxy) is 1. The number of hydrogen-bond acceptors (Lipinski definition) is 3. The van der Waals surface area contributed by atoms with Crippen LogP contribution in [0.2, 0.25) is 0 Å². The molecule has 4 rings (SSSR count). The van der Waals surface area contributed by atoms with E-state index in [-0.39, 0.29) is 5.91 Å². The van der Waals surface area contributed by atoms with Crippen molar-refractivity contribution in [3.8, 4) is 16.9 Å². The van der Waals surface area contributed by atoms with Crippen LogP contribution < -0.4 is 15.4 Å². The third kappa shape index (κ3) is 3.25. The number of para-hydroxylation sites is 2. The van der Waals surface area contributed by atoms with Crippen molar-refractivity contribution in [1.82, 2.24) is 0 Å². The summed E-state index contributed by atoms with van der Waals surface area (Å²) in [6.45, 7) is 0. The molecular weight excluding hydrogens is 350 g/mol. The molecule has 5 heteroatoms. The molecule has 1 aliphatic heterocycles. The van der Waals surface area contributed by atoms with Crippen LogP contribution in [-0.2, 0) is 0 Å². The molecule has 0 atom stereocenters. The lowest BCUT2D eigenvalue weighted by molar-refractivity contribution is 0.0995. The van der Waals surface area contributed by atoms with Gasteiger partial charge in [0, 0.05) is 24.4 Å². The first-order valence-electron chi connectivity index (χ1n) is 8.86. The number of amidine groups is 1. The number of carbonyl (C=O) groups excluding carboxylic acids is 1. The molecule has 138 valence electrons. The molecule has 1 amide bonds. The van der Waals surface area contributed by atoms with E-state index >= 15 is 0 Å². The molecule has 2 N–H and O–H groups in total. The fraction of sp³-hybridized carbons (Fsp3) is 0.0435. The predicted octanol–water partition coefficient (Wildman–Crippen LogP) is 4.20. The molecule has 0 radical (unpaired) electrons. The smallest absolute Gasteiger partial charge is 0.262 e. The van der Waals surface area contributed by atoms with Crippen LogP contribution in [0.25, 0.3) is 11.1 Å². The van der Waals surface area contributed by atoms with E-state index in [1.165, 1.54) is 6.26 Å². The number of anilines is 1. The summed E-state index contributed by atoms with van der Waals surface area (Å²) in [4.78, 5) is 18.5. The van der Waals surface area contributed by atoms with Crippen LogP contribution in [0.15, 0.2) is 90.3 Å². The van der Waals surface area contributed by atoms with Gasteiger partial charge >= 0.3 is 0 Å². The summed E-state index contributed by atoms with van der Waals surface area (Å²) in [5.74, 6) is 1.05. The molecule has 0 fully saturated rings. The molecule has 0 spiro atoms. The SMILES string of the molecule is CN=C(N)c1ccc(-c2ccc(C(=O)N3C=COc4ccccc43)cc2)cc1. The minimum Gasteiger partial charge on any atom is -0.461 e. The first-order chi connectivity index (χ1) is 13.7. The zero-order valence-corrected chi connectivity index (χ0v) is 15.4. The lowest BCUT2D eigenvalue weighted by atomic mass is 10.0. The molecule has 0 bridgehead atoms. The normalized spacial score (nSPS) is 13.0. The summed E-state index contributed by atoms with van der Waals surface area (Å²) >= 11 is 0. The van der Waals surface area contributed by atoms with Crippen LogP contribution in [0.5, 0.6) is 5.75 Å². The second kappa shape index (κ2) is 7.40. The van der Waals surface area contributed by atoms with Crippen LogP contribution in [0.4, 0.5) is 5.69 Å².